The van der Waals surface area contributed by atoms with Crippen LogP contribution in [0.5, 0.6) is 0 Å². The number of urea groups is 1. The number of anilines is 1. The van der Waals surface area contributed by atoms with Crippen molar-refractivity contribution in [3.05, 3.63) is 33.9 Å². The summed E-state index contributed by atoms with van der Waals surface area (Å²) in [5.74, 6) is 0. The molecule has 1 fully saturated rings. The zero-order chi connectivity index (χ0) is 14.5. The van der Waals surface area contributed by atoms with Gasteiger partial charge in [0.15, 0.2) is 0 Å². The van der Waals surface area contributed by atoms with Crippen LogP contribution in [0.25, 0.3) is 0 Å². The molecule has 1 heterocycles. The molecule has 8 heteroatoms. The molecule has 0 radical (unpaired) electrons. The maximum Gasteiger partial charge on any atom is 0.319 e. The van der Waals surface area contributed by atoms with Gasteiger partial charge in [0.1, 0.15) is 12.9 Å². The molecule has 0 saturated carbocycles. The average Bonchev–Trinajstić information content (AvgIpc) is 2.91. The van der Waals surface area contributed by atoms with E-state index in [0.29, 0.717) is 24.4 Å². The number of nitro groups is 1. The van der Waals surface area contributed by atoms with Gasteiger partial charge in [-0.2, -0.15) is 0 Å². The van der Waals surface area contributed by atoms with Gasteiger partial charge in [-0.25, -0.2) is 4.79 Å². The number of carbonyl (C=O) groups excluding carboxylic acids is 1. The van der Waals surface area contributed by atoms with E-state index >= 15 is 0 Å². The second kappa shape index (κ2) is 6.31. The third-order valence-corrected chi connectivity index (χ3v) is 2.93. The molecule has 0 unspecified atom stereocenters. The highest BCUT2D eigenvalue weighted by atomic mass is 16.7. The van der Waals surface area contributed by atoms with Crippen LogP contribution < -0.4 is 10.6 Å². The van der Waals surface area contributed by atoms with Gasteiger partial charge < -0.3 is 20.1 Å². The first-order valence-corrected chi connectivity index (χ1v) is 6.06. The van der Waals surface area contributed by atoms with Crippen LogP contribution in [0.2, 0.25) is 0 Å². The monoisotopic (exact) mass is 281 g/mol. The van der Waals surface area contributed by atoms with Crippen molar-refractivity contribution in [3.8, 4) is 0 Å². The van der Waals surface area contributed by atoms with Crippen LogP contribution in [0.3, 0.4) is 0 Å². The number of nitrogens with one attached hydrogen (secondary N) is 2. The molecule has 20 heavy (non-hydrogen) atoms. The molecule has 1 aromatic carbocycles. The van der Waals surface area contributed by atoms with E-state index in [1.54, 1.807) is 13.0 Å². The Morgan fingerprint density at radius 3 is 3.00 bits per heavy atom. The van der Waals surface area contributed by atoms with Crippen LogP contribution in [-0.4, -0.2) is 37.0 Å². The lowest BCUT2D eigenvalue weighted by Gasteiger charge is -2.12. The third-order valence-electron chi connectivity index (χ3n) is 2.93. The Morgan fingerprint density at radius 2 is 2.35 bits per heavy atom. The van der Waals surface area contributed by atoms with Crippen molar-refractivity contribution >= 4 is 17.4 Å². The molecule has 1 atom stereocenters. The Labute approximate surface area is 115 Å². The van der Waals surface area contributed by atoms with Gasteiger partial charge in [0.05, 0.1) is 22.8 Å². The maximum absolute atomic E-state index is 11.7. The van der Waals surface area contributed by atoms with Gasteiger partial charge in [-0.1, -0.05) is 6.07 Å². The number of carbonyl (C=O) groups is 1. The van der Waals surface area contributed by atoms with E-state index in [1.807, 2.05) is 0 Å². The van der Waals surface area contributed by atoms with Crippen molar-refractivity contribution in [1.82, 2.24) is 5.32 Å². The normalized spacial score (nSPS) is 17.8. The molecule has 0 aromatic heterocycles. The first-order chi connectivity index (χ1) is 9.58. The quantitative estimate of drug-likeness (QED) is 0.641. The summed E-state index contributed by atoms with van der Waals surface area (Å²) in [6.45, 7) is 2.58. The van der Waals surface area contributed by atoms with E-state index in [2.05, 4.69) is 10.6 Å². The van der Waals surface area contributed by atoms with Gasteiger partial charge >= 0.3 is 6.03 Å². The Bertz CT molecular complexity index is 514. The Balaban J connectivity index is 1.93. The van der Waals surface area contributed by atoms with Gasteiger partial charge in [0, 0.05) is 12.6 Å². The predicted molar refractivity (Wildman–Crippen MR) is 70.5 cm³/mol. The lowest BCUT2D eigenvalue weighted by atomic mass is 10.1. The molecule has 8 nitrogen and oxygen atoms in total. The highest BCUT2D eigenvalue weighted by Gasteiger charge is 2.18. The van der Waals surface area contributed by atoms with Crippen molar-refractivity contribution in [1.29, 1.82) is 0 Å². The number of hydrogen-bond acceptors (Lipinski definition) is 5. The number of hydrogen-bond donors (Lipinski definition) is 2. The van der Waals surface area contributed by atoms with E-state index < -0.39 is 11.0 Å². The Morgan fingerprint density at radius 1 is 1.55 bits per heavy atom. The molecule has 1 aliphatic rings. The van der Waals surface area contributed by atoms with Crippen LogP contribution in [0.15, 0.2) is 18.2 Å². The SMILES string of the molecule is Cc1c(NC(=O)NC[C@@H]2COCO2)cccc1[N+](=O)[O-]. The van der Waals surface area contributed by atoms with Crippen LogP contribution in [0.1, 0.15) is 5.56 Å². The first-order valence-electron chi connectivity index (χ1n) is 6.06. The van der Waals surface area contributed by atoms with Gasteiger partial charge in [0.25, 0.3) is 5.69 Å². The molecule has 0 bridgehead atoms. The number of rotatable bonds is 4. The minimum absolute atomic E-state index is 0.0321. The summed E-state index contributed by atoms with van der Waals surface area (Å²) < 4.78 is 10.2. The van der Waals surface area contributed by atoms with E-state index in [-0.39, 0.29) is 18.6 Å². The summed E-state index contributed by atoms with van der Waals surface area (Å²) in [7, 11) is 0. The van der Waals surface area contributed by atoms with E-state index in [4.69, 9.17) is 9.47 Å². The first kappa shape index (κ1) is 14.2. The molecule has 108 valence electrons. The molecule has 1 saturated heterocycles. The number of amides is 2. The van der Waals surface area contributed by atoms with E-state index in [9.17, 15) is 14.9 Å². The fourth-order valence-corrected chi connectivity index (χ4v) is 1.82. The van der Waals surface area contributed by atoms with Crippen molar-refractivity contribution < 1.29 is 19.2 Å². The summed E-state index contributed by atoms with van der Waals surface area (Å²) in [6, 6.07) is 4.08. The Kier molecular flexibility index (Phi) is 4.49. The molecule has 1 aromatic rings. The van der Waals surface area contributed by atoms with Gasteiger partial charge in [-0.3, -0.25) is 10.1 Å². The zero-order valence-corrected chi connectivity index (χ0v) is 10.9. The molecule has 2 N–H and O–H groups in total. The van der Waals surface area contributed by atoms with Crippen molar-refractivity contribution in [2.24, 2.45) is 0 Å². The average molecular weight is 281 g/mol. The highest BCUT2D eigenvalue weighted by molar-refractivity contribution is 5.90. The number of ether oxygens (including phenoxy) is 2. The molecule has 2 amide bonds. The van der Waals surface area contributed by atoms with Crippen LogP contribution in [0.4, 0.5) is 16.2 Å². The minimum Gasteiger partial charge on any atom is -0.353 e. The molecular weight excluding hydrogens is 266 g/mol. The second-order valence-corrected chi connectivity index (χ2v) is 4.32. The molecule has 0 spiro atoms. The number of nitrogens with zero attached hydrogens (tertiary/aromatic N) is 1. The maximum atomic E-state index is 11.7. The smallest absolute Gasteiger partial charge is 0.319 e. The lowest BCUT2D eigenvalue weighted by molar-refractivity contribution is -0.385. The highest BCUT2D eigenvalue weighted by Crippen LogP contribution is 2.24. The Hall–Kier alpha value is -2.19. The summed E-state index contributed by atoms with van der Waals surface area (Å²) in [5.41, 5.74) is 0.781. The fraction of sp³-hybridized carbons (Fsp3) is 0.417. The van der Waals surface area contributed by atoms with E-state index in [1.165, 1.54) is 12.1 Å². The third kappa shape index (κ3) is 3.43. The number of benzene rings is 1. The van der Waals surface area contributed by atoms with Gasteiger partial charge in [0.2, 0.25) is 0 Å². The molecule has 1 aliphatic heterocycles. The van der Waals surface area contributed by atoms with Crippen LogP contribution >= 0.6 is 0 Å². The fourth-order valence-electron chi connectivity index (χ4n) is 1.82. The van der Waals surface area contributed by atoms with Crippen LogP contribution in [0, 0.1) is 17.0 Å². The summed E-state index contributed by atoms with van der Waals surface area (Å²) >= 11 is 0. The minimum atomic E-state index is -0.484. The van der Waals surface area contributed by atoms with Crippen LogP contribution in [-0.2, 0) is 9.47 Å². The molecule has 2 rings (SSSR count). The summed E-state index contributed by atoms with van der Waals surface area (Å²) in [5, 5.41) is 16.0. The lowest BCUT2D eigenvalue weighted by Crippen LogP contribution is -2.36. The van der Waals surface area contributed by atoms with Crippen molar-refractivity contribution in [3.63, 3.8) is 0 Å². The van der Waals surface area contributed by atoms with E-state index in [0.717, 1.165) is 0 Å². The molecule has 0 aliphatic carbocycles. The largest absolute Gasteiger partial charge is 0.353 e. The zero-order valence-electron chi connectivity index (χ0n) is 10.9. The topological polar surface area (TPSA) is 103 Å². The molecular formula is C12H15N3O5. The number of nitro benzene ring substituents is 1. The van der Waals surface area contributed by atoms with Gasteiger partial charge in [-0.15, -0.1) is 0 Å². The van der Waals surface area contributed by atoms with Gasteiger partial charge in [-0.05, 0) is 13.0 Å². The standard InChI is InChI=1S/C12H15N3O5/c1-8-10(3-2-4-11(8)15(17)18)14-12(16)13-5-9-6-19-7-20-9/h2-4,9H,5-7H2,1H3,(H2,13,14,16)/t9-/m1/s1. The summed E-state index contributed by atoms with van der Waals surface area (Å²) in [4.78, 5) is 22.0. The second-order valence-electron chi connectivity index (χ2n) is 4.32. The van der Waals surface area contributed by atoms with Crippen molar-refractivity contribution in [2.75, 3.05) is 25.3 Å². The predicted octanol–water partition coefficient (Wildman–Crippen LogP) is 1.40. The summed E-state index contributed by atoms with van der Waals surface area (Å²) in [6.07, 6.45) is -0.160. The van der Waals surface area contributed by atoms with Crippen molar-refractivity contribution in [2.45, 2.75) is 13.0 Å².